The van der Waals surface area contributed by atoms with Crippen LogP contribution in [0.4, 0.5) is 0 Å². The molecule has 0 atom stereocenters. The molecule has 1 aromatic heterocycles. The summed E-state index contributed by atoms with van der Waals surface area (Å²) in [6.07, 6.45) is 3.09. The van der Waals surface area contributed by atoms with Crippen LogP contribution in [0.15, 0.2) is 12.4 Å². The minimum absolute atomic E-state index is 0.232. The molecule has 0 unspecified atom stereocenters. The first kappa shape index (κ1) is 9.22. The maximum Gasteiger partial charge on any atom is 0.222 e. The third kappa shape index (κ3) is 3.02. The molecule has 0 aliphatic heterocycles. The molecule has 0 bridgehead atoms. The second-order valence-electron chi connectivity index (χ2n) is 2.14. The molecule has 1 N–H and O–H groups in total. The second kappa shape index (κ2) is 4.90. The van der Waals surface area contributed by atoms with Crippen LogP contribution < -0.4 is 10.1 Å². The topological polar surface area (TPSA) is 47.0 Å². The minimum Gasteiger partial charge on any atom is -0.489 e. The van der Waals surface area contributed by atoms with Crippen molar-refractivity contribution in [3.63, 3.8) is 0 Å². The SMILES string of the molecule is CNCCOc1cnc(Cl)nc1. The number of likely N-dealkylation sites (N-methyl/N-ethyl adjacent to an activating group) is 1. The van der Waals surface area contributed by atoms with Gasteiger partial charge in [0.15, 0.2) is 5.75 Å². The van der Waals surface area contributed by atoms with Crippen LogP contribution in [0.25, 0.3) is 0 Å². The van der Waals surface area contributed by atoms with Gasteiger partial charge in [-0.15, -0.1) is 0 Å². The lowest BCUT2D eigenvalue weighted by Crippen LogP contribution is -2.16. The van der Waals surface area contributed by atoms with E-state index in [0.29, 0.717) is 12.4 Å². The lowest BCUT2D eigenvalue weighted by atomic mass is 10.6. The summed E-state index contributed by atoms with van der Waals surface area (Å²) in [5.74, 6) is 0.634. The Kier molecular flexibility index (Phi) is 3.76. The van der Waals surface area contributed by atoms with E-state index in [-0.39, 0.29) is 5.28 Å². The Morgan fingerprint density at radius 2 is 2.17 bits per heavy atom. The lowest BCUT2D eigenvalue weighted by Gasteiger charge is -2.03. The van der Waals surface area contributed by atoms with Gasteiger partial charge in [-0.3, -0.25) is 0 Å². The molecule has 1 rings (SSSR count). The molecule has 0 radical (unpaired) electrons. The van der Waals surface area contributed by atoms with Gasteiger partial charge in [0.05, 0.1) is 12.4 Å². The molecule has 1 aromatic rings. The number of nitrogens with one attached hydrogen (secondary N) is 1. The summed E-state index contributed by atoms with van der Waals surface area (Å²) in [5, 5.41) is 3.19. The maximum absolute atomic E-state index is 5.48. The number of hydrogen-bond donors (Lipinski definition) is 1. The molecular formula is C7H10ClN3O. The number of rotatable bonds is 4. The Labute approximate surface area is 75.9 Å². The fraction of sp³-hybridized carbons (Fsp3) is 0.429. The molecular weight excluding hydrogens is 178 g/mol. The quantitative estimate of drug-likeness (QED) is 0.558. The van der Waals surface area contributed by atoms with Gasteiger partial charge < -0.3 is 10.1 Å². The number of nitrogens with zero attached hydrogens (tertiary/aromatic N) is 2. The van der Waals surface area contributed by atoms with Crippen LogP contribution in [-0.4, -0.2) is 30.2 Å². The molecule has 0 fully saturated rings. The Morgan fingerprint density at radius 3 is 2.75 bits per heavy atom. The maximum atomic E-state index is 5.48. The van der Waals surface area contributed by atoms with E-state index >= 15 is 0 Å². The van der Waals surface area contributed by atoms with E-state index in [0.717, 1.165) is 6.54 Å². The summed E-state index contributed by atoms with van der Waals surface area (Å²) in [5.41, 5.74) is 0. The van der Waals surface area contributed by atoms with Gasteiger partial charge in [-0.2, -0.15) is 0 Å². The Hall–Kier alpha value is -0.870. The van der Waals surface area contributed by atoms with Gasteiger partial charge in [-0.25, -0.2) is 9.97 Å². The van der Waals surface area contributed by atoms with Crippen LogP contribution in [0.5, 0.6) is 5.75 Å². The fourth-order valence-corrected chi connectivity index (χ4v) is 0.744. The van der Waals surface area contributed by atoms with Crippen molar-refractivity contribution in [3.8, 4) is 5.75 Å². The van der Waals surface area contributed by atoms with Crippen molar-refractivity contribution in [2.45, 2.75) is 0 Å². The van der Waals surface area contributed by atoms with E-state index in [4.69, 9.17) is 16.3 Å². The first-order valence-electron chi connectivity index (χ1n) is 3.58. The third-order valence-corrected chi connectivity index (χ3v) is 1.41. The average molecular weight is 188 g/mol. The van der Waals surface area contributed by atoms with Gasteiger partial charge in [-0.05, 0) is 18.6 Å². The smallest absolute Gasteiger partial charge is 0.222 e. The molecule has 1 heterocycles. The summed E-state index contributed by atoms with van der Waals surface area (Å²) in [6.45, 7) is 1.39. The number of halogens is 1. The predicted octanol–water partition coefficient (Wildman–Crippen LogP) is 0.728. The zero-order chi connectivity index (χ0) is 8.81. The first-order valence-corrected chi connectivity index (χ1v) is 3.95. The molecule has 0 spiro atoms. The van der Waals surface area contributed by atoms with E-state index in [1.165, 1.54) is 0 Å². The summed E-state index contributed by atoms with van der Waals surface area (Å²) >= 11 is 5.48. The fourth-order valence-electron chi connectivity index (χ4n) is 0.646. The first-order chi connectivity index (χ1) is 5.83. The highest BCUT2D eigenvalue weighted by Crippen LogP contribution is 2.07. The molecule has 5 heteroatoms. The molecule has 12 heavy (non-hydrogen) atoms. The molecule has 0 amide bonds. The van der Waals surface area contributed by atoms with E-state index in [1.54, 1.807) is 12.4 Å². The number of ether oxygens (including phenoxy) is 1. The second-order valence-corrected chi connectivity index (χ2v) is 2.48. The Balaban J connectivity index is 2.37. The van der Waals surface area contributed by atoms with Gasteiger partial charge in [0.25, 0.3) is 0 Å². The van der Waals surface area contributed by atoms with Gasteiger partial charge in [0.2, 0.25) is 5.28 Å². The van der Waals surface area contributed by atoms with Crippen LogP contribution >= 0.6 is 11.6 Å². The number of aromatic nitrogens is 2. The molecule has 0 saturated carbocycles. The lowest BCUT2D eigenvalue weighted by molar-refractivity contribution is 0.316. The summed E-state index contributed by atoms with van der Waals surface area (Å²) in [7, 11) is 1.86. The van der Waals surface area contributed by atoms with E-state index in [9.17, 15) is 0 Å². The standard InChI is InChI=1S/C7H10ClN3O/c1-9-2-3-12-6-4-10-7(8)11-5-6/h4-5,9H,2-3H2,1H3. The van der Waals surface area contributed by atoms with E-state index in [2.05, 4.69) is 15.3 Å². The van der Waals surface area contributed by atoms with Crippen molar-refractivity contribution in [1.82, 2.24) is 15.3 Å². The summed E-state index contributed by atoms with van der Waals surface area (Å²) in [4.78, 5) is 7.53. The van der Waals surface area contributed by atoms with Crippen molar-refractivity contribution < 1.29 is 4.74 Å². The minimum atomic E-state index is 0.232. The largest absolute Gasteiger partial charge is 0.489 e. The van der Waals surface area contributed by atoms with Crippen LogP contribution in [0, 0.1) is 0 Å². The van der Waals surface area contributed by atoms with Crippen molar-refractivity contribution in [2.75, 3.05) is 20.2 Å². The predicted molar refractivity (Wildman–Crippen MR) is 46.5 cm³/mol. The molecule has 0 aliphatic carbocycles. The Bertz CT molecular complexity index is 227. The normalized spacial score (nSPS) is 9.83. The Morgan fingerprint density at radius 1 is 1.50 bits per heavy atom. The van der Waals surface area contributed by atoms with Crippen LogP contribution in [-0.2, 0) is 0 Å². The van der Waals surface area contributed by atoms with Crippen molar-refractivity contribution in [1.29, 1.82) is 0 Å². The molecule has 4 nitrogen and oxygen atoms in total. The van der Waals surface area contributed by atoms with Crippen LogP contribution in [0.3, 0.4) is 0 Å². The van der Waals surface area contributed by atoms with Crippen molar-refractivity contribution in [2.24, 2.45) is 0 Å². The zero-order valence-electron chi connectivity index (χ0n) is 6.75. The average Bonchev–Trinajstić information content (AvgIpc) is 2.09. The highest BCUT2D eigenvalue weighted by atomic mass is 35.5. The van der Waals surface area contributed by atoms with E-state index < -0.39 is 0 Å². The van der Waals surface area contributed by atoms with Crippen LogP contribution in [0.2, 0.25) is 5.28 Å². The summed E-state index contributed by atoms with van der Waals surface area (Å²) in [6, 6.07) is 0. The van der Waals surface area contributed by atoms with Gasteiger partial charge in [0, 0.05) is 6.54 Å². The van der Waals surface area contributed by atoms with Crippen LogP contribution in [0.1, 0.15) is 0 Å². The third-order valence-electron chi connectivity index (χ3n) is 1.22. The molecule has 0 aliphatic rings. The molecule has 0 saturated heterocycles. The highest BCUT2D eigenvalue weighted by molar-refractivity contribution is 6.28. The van der Waals surface area contributed by atoms with E-state index in [1.807, 2.05) is 7.05 Å². The monoisotopic (exact) mass is 187 g/mol. The van der Waals surface area contributed by atoms with Gasteiger partial charge >= 0.3 is 0 Å². The zero-order valence-corrected chi connectivity index (χ0v) is 7.51. The van der Waals surface area contributed by atoms with Crippen molar-refractivity contribution in [3.05, 3.63) is 17.7 Å². The molecule has 0 aromatic carbocycles. The van der Waals surface area contributed by atoms with Gasteiger partial charge in [0.1, 0.15) is 6.61 Å². The number of hydrogen-bond acceptors (Lipinski definition) is 4. The van der Waals surface area contributed by atoms with Crippen molar-refractivity contribution >= 4 is 11.6 Å². The summed E-state index contributed by atoms with van der Waals surface area (Å²) < 4.78 is 5.26. The molecule has 66 valence electrons. The van der Waals surface area contributed by atoms with Gasteiger partial charge in [-0.1, -0.05) is 0 Å². The highest BCUT2D eigenvalue weighted by Gasteiger charge is 1.94.